The minimum Gasteiger partial charge on any atom is -0.481 e. The standard InChI is InChI=1S/C18H17N3O3S/c1-24-17-7-6-14(9-20-17)15-8-16(18(19)21-10-15)13-4-2-12(3-5-13)11-25(22)23/h2-10,25H,11H2,1H3,(H2,19,21). The Bertz CT molecular complexity index is 944. The van der Waals surface area contributed by atoms with Crippen LogP contribution in [0.4, 0.5) is 5.82 Å². The Labute approximate surface area is 147 Å². The monoisotopic (exact) mass is 355 g/mol. The van der Waals surface area contributed by atoms with E-state index in [1.807, 2.05) is 24.3 Å². The highest BCUT2D eigenvalue weighted by atomic mass is 32.2. The van der Waals surface area contributed by atoms with E-state index < -0.39 is 10.7 Å². The molecular weight excluding hydrogens is 338 g/mol. The molecule has 0 saturated heterocycles. The van der Waals surface area contributed by atoms with Crippen LogP contribution in [0.3, 0.4) is 0 Å². The number of nitrogen functional groups attached to an aromatic ring is 1. The average Bonchev–Trinajstić information content (AvgIpc) is 2.63. The third-order valence-electron chi connectivity index (χ3n) is 3.77. The van der Waals surface area contributed by atoms with Crippen LogP contribution in [0.2, 0.25) is 0 Å². The van der Waals surface area contributed by atoms with Gasteiger partial charge in [0, 0.05) is 35.2 Å². The summed E-state index contributed by atoms with van der Waals surface area (Å²) in [5.74, 6) is 0.980. The predicted molar refractivity (Wildman–Crippen MR) is 97.9 cm³/mol. The van der Waals surface area contributed by atoms with E-state index in [1.165, 1.54) is 0 Å². The maximum atomic E-state index is 10.8. The number of nitrogens with zero attached hydrogens (tertiary/aromatic N) is 2. The van der Waals surface area contributed by atoms with Crippen molar-refractivity contribution in [3.05, 3.63) is 60.4 Å². The van der Waals surface area contributed by atoms with Crippen molar-refractivity contribution in [3.63, 3.8) is 0 Å². The van der Waals surface area contributed by atoms with Crippen LogP contribution >= 0.6 is 0 Å². The third-order valence-corrected chi connectivity index (χ3v) is 4.40. The fourth-order valence-corrected chi connectivity index (χ4v) is 2.98. The van der Waals surface area contributed by atoms with Crippen LogP contribution in [0.25, 0.3) is 22.3 Å². The van der Waals surface area contributed by atoms with Gasteiger partial charge in [-0.1, -0.05) is 24.3 Å². The second-order valence-corrected chi connectivity index (χ2v) is 6.42. The number of thiol groups is 1. The molecule has 0 bridgehead atoms. The number of hydrogen-bond donors (Lipinski definition) is 2. The van der Waals surface area contributed by atoms with Crippen LogP contribution in [0, 0.1) is 0 Å². The van der Waals surface area contributed by atoms with Crippen LogP contribution in [-0.2, 0) is 16.5 Å². The molecule has 3 rings (SSSR count). The van der Waals surface area contributed by atoms with Crippen molar-refractivity contribution in [3.8, 4) is 28.1 Å². The molecule has 0 aliphatic carbocycles. The maximum absolute atomic E-state index is 10.8. The number of methoxy groups -OCH3 is 1. The van der Waals surface area contributed by atoms with Crippen LogP contribution in [0.5, 0.6) is 5.88 Å². The highest BCUT2D eigenvalue weighted by Crippen LogP contribution is 2.30. The van der Waals surface area contributed by atoms with E-state index in [9.17, 15) is 8.42 Å². The molecule has 0 aliphatic rings. The molecule has 6 nitrogen and oxygen atoms in total. The van der Waals surface area contributed by atoms with E-state index in [4.69, 9.17) is 10.5 Å². The molecule has 25 heavy (non-hydrogen) atoms. The summed E-state index contributed by atoms with van der Waals surface area (Å²) in [6.07, 6.45) is 3.41. The van der Waals surface area contributed by atoms with Crippen LogP contribution in [0.15, 0.2) is 54.9 Å². The van der Waals surface area contributed by atoms with Crippen LogP contribution < -0.4 is 10.5 Å². The number of pyridine rings is 2. The highest BCUT2D eigenvalue weighted by Gasteiger charge is 2.08. The first kappa shape index (κ1) is 16.9. The number of anilines is 1. The van der Waals surface area contributed by atoms with Gasteiger partial charge in [0.1, 0.15) is 16.5 Å². The van der Waals surface area contributed by atoms with Gasteiger partial charge in [-0.25, -0.2) is 18.4 Å². The second-order valence-electron chi connectivity index (χ2n) is 5.43. The van der Waals surface area contributed by atoms with E-state index in [-0.39, 0.29) is 5.75 Å². The number of aromatic nitrogens is 2. The fourth-order valence-electron chi connectivity index (χ4n) is 2.48. The minimum absolute atomic E-state index is 0.0287. The van der Waals surface area contributed by atoms with Crippen molar-refractivity contribution >= 4 is 16.5 Å². The molecule has 0 saturated carbocycles. The SMILES string of the molecule is COc1ccc(-c2cnc(N)c(-c3ccc(C[SH](=O)=O)cc3)c2)cn1. The predicted octanol–water partition coefficient (Wildman–Crippen LogP) is 2.51. The topological polar surface area (TPSA) is 95.2 Å². The summed E-state index contributed by atoms with van der Waals surface area (Å²) < 4.78 is 26.7. The zero-order valence-corrected chi connectivity index (χ0v) is 14.4. The van der Waals surface area contributed by atoms with Gasteiger partial charge in [0.25, 0.3) is 0 Å². The molecule has 0 aliphatic heterocycles. The van der Waals surface area contributed by atoms with E-state index in [2.05, 4.69) is 9.97 Å². The van der Waals surface area contributed by atoms with E-state index in [0.717, 1.165) is 27.8 Å². The molecule has 3 aromatic rings. The smallest absolute Gasteiger partial charge is 0.212 e. The van der Waals surface area contributed by atoms with E-state index >= 15 is 0 Å². The number of ether oxygens (including phenoxy) is 1. The molecule has 0 atom stereocenters. The van der Waals surface area contributed by atoms with E-state index in [1.54, 1.807) is 37.7 Å². The molecule has 128 valence electrons. The number of rotatable bonds is 5. The average molecular weight is 355 g/mol. The summed E-state index contributed by atoms with van der Waals surface area (Å²) in [7, 11) is -0.874. The van der Waals surface area contributed by atoms with Crippen molar-refractivity contribution in [1.29, 1.82) is 0 Å². The van der Waals surface area contributed by atoms with Gasteiger partial charge in [0.05, 0.1) is 12.9 Å². The highest BCUT2D eigenvalue weighted by molar-refractivity contribution is 7.71. The second kappa shape index (κ2) is 7.31. The summed E-state index contributed by atoms with van der Waals surface area (Å²) in [5.41, 5.74) is 10.2. The summed E-state index contributed by atoms with van der Waals surface area (Å²) in [6, 6.07) is 12.9. The molecule has 2 N–H and O–H groups in total. The van der Waals surface area contributed by atoms with Crippen LogP contribution in [0.1, 0.15) is 5.56 Å². The normalized spacial score (nSPS) is 10.8. The summed E-state index contributed by atoms with van der Waals surface area (Å²) in [5, 5.41) is 0. The van der Waals surface area contributed by atoms with Gasteiger partial charge in [-0.3, -0.25) is 0 Å². The lowest BCUT2D eigenvalue weighted by atomic mass is 10.0. The molecular formula is C18H17N3O3S. The van der Waals surface area contributed by atoms with Gasteiger partial charge in [0.2, 0.25) is 5.88 Å². The van der Waals surface area contributed by atoms with Gasteiger partial charge < -0.3 is 10.5 Å². The summed E-state index contributed by atoms with van der Waals surface area (Å²) in [6.45, 7) is 0. The summed E-state index contributed by atoms with van der Waals surface area (Å²) in [4.78, 5) is 8.47. The molecule has 0 radical (unpaired) electrons. The Morgan fingerprint density at radius 2 is 1.64 bits per heavy atom. The Morgan fingerprint density at radius 1 is 0.960 bits per heavy atom. The zero-order chi connectivity index (χ0) is 17.8. The zero-order valence-electron chi connectivity index (χ0n) is 13.5. The third kappa shape index (κ3) is 3.95. The fraction of sp³-hybridized carbons (Fsp3) is 0.111. The molecule has 0 spiro atoms. The van der Waals surface area contributed by atoms with Crippen molar-refractivity contribution in [2.24, 2.45) is 0 Å². The van der Waals surface area contributed by atoms with Crippen molar-refractivity contribution in [2.75, 3.05) is 12.8 Å². The van der Waals surface area contributed by atoms with Gasteiger partial charge in [-0.2, -0.15) is 0 Å². The van der Waals surface area contributed by atoms with E-state index in [0.29, 0.717) is 11.7 Å². The number of benzene rings is 1. The lowest BCUT2D eigenvalue weighted by molar-refractivity contribution is 0.398. The first-order valence-corrected chi connectivity index (χ1v) is 8.90. The Hall–Kier alpha value is -2.93. The van der Waals surface area contributed by atoms with Gasteiger partial charge in [-0.05, 0) is 23.3 Å². The Morgan fingerprint density at radius 3 is 2.24 bits per heavy atom. The van der Waals surface area contributed by atoms with Crippen molar-refractivity contribution in [2.45, 2.75) is 5.75 Å². The maximum Gasteiger partial charge on any atom is 0.212 e. The van der Waals surface area contributed by atoms with Crippen LogP contribution in [-0.4, -0.2) is 25.5 Å². The lowest BCUT2D eigenvalue weighted by Gasteiger charge is -2.09. The molecule has 2 aromatic heterocycles. The van der Waals surface area contributed by atoms with Crippen molar-refractivity contribution in [1.82, 2.24) is 9.97 Å². The Balaban J connectivity index is 1.96. The molecule has 0 unspecified atom stereocenters. The quantitative estimate of drug-likeness (QED) is 0.683. The molecule has 2 heterocycles. The number of nitrogens with two attached hydrogens (primary N) is 1. The Kier molecular flexibility index (Phi) is 4.95. The lowest BCUT2D eigenvalue weighted by Crippen LogP contribution is -1.96. The molecule has 7 heteroatoms. The van der Waals surface area contributed by atoms with Crippen molar-refractivity contribution < 1.29 is 13.2 Å². The first-order valence-electron chi connectivity index (χ1n) is 7.54. The first-order chi connectivity index (χ1) is 12.1. The van der Waals surface area contributed by atoms with Gasteiger partial charge in [0.15, 0.2) is 0 Å². The minimum atomic E-state index is -2.44. The molecule has 0 fully saturated rings. The number of hydrogen-bond acceptors (Lipinski definition) is 6. The van der Waals surface area contributed by atoms with Gasteiger partial charge in [-0.15, -0.1) is 0 Å². The molecule has 0 amide bonds. The van der Waals surface area contributed by atoms with Gasteiger partial charge >= 0.3 is 0 Å². The molecule has 1 aromatic carbocycles. The largest absolute Gasteiger partial charge is 0.481 e. The summed E-state index contributed by atoms with van der Waals surface area (Å²) >= 11 is 0.